The van der Waals surface area contributed by atoms with E-state index in [1.54, 1.807) is 49.1 Å². The van der Waals surface area contributed by atoms with Crippen LogP contribution in [0.25, 0.3) is 0 Å². The molecule has 6 nitrogen and oxygen atoms in total. The zero-order valence-corrected chi connectivity index (χ0v) is 12.8. The summed E-state index contributed by atoms with van der Waals surface area (Å²) in [4.78, 5) is 0.180. The number of nitrogens with zero attached hydrogens (tertiary/aromatic N) is 2. The van der Waals surface area contributed by atoms with Gasteiger partial charge >= 0.3 is 0 Å². The van der Waals surface area contributed by atoms with Gasteiger partial charge in [-0.1, -0.05) is 12.1 Å². The predicted octanol–water partition coefficient (Wildman–Crippen LogP) is 1.30. The van der Waals surface area contributed by atoms with Crippen LogP contribution in [0.15, 0.2) is 47.6 Å². The Morgan fingerprint density at radius 2 is 1.95 bits per heavy atom. The average Bonchev–Trinajstić information content (AvgIpc) is 2.90. The second kappa shape index (κ2) is 6.38. The molecule has 1 aromatic carbocycles. The molecular weight excluding hydrogens is 290 g/mol. The van der Waals surface area contributed by atoms with E-state index >= 15 is 0 Å². The molecule has 2 aromatic rings. The molecule has 2 unspecified atom stereocenters. The average molecular weight is 309 g/mol. The first-order valence-corrected chi connectivity index (χ1v) is 8.14. The Labute approximate surface area is 124 Å². The summed E-state index contributed by atoms with van der Waals surface area (Å²) in [5.74, 6) is 0. The largest absolute Gasteiger partial charge is 0.389 e. The fourth-order valence-electron chi connectivity index (χ4n) is 1.98. The van der Waals surface area contributed by atoms with Crippen LogP contribution in [0.5, 0.6) is 0 Å². The van der Waals surface area contributed by atoms with Crippen molar-refractivity contribution < 1.29 is 13.5 Å². The van der Waals surface area contributed by atoms with E-state index in [2.05, 4.69) is 9.82 Å². The highest BCUT2D eigenvalue weighted by Crippen LogP contribution is 2.16. The first-order chi connectivity index (χ1) is 9.88. The molecule has 0 radical (unpaired) electrons. The maximum absolute atomic E-state index is 12.2. The molecule has 0 saturated carbocycles. The summed E-state index contributed by atoms with van der Waals surface area (Å²) in [5.41, 5.74) is 0.679. The lowest BCUT2D eigenvalue weighted by Crippen LogP contribution is -2.35. The molecule has 0 aliphatic heterocycles. The number of aliphatic hydroxyl groups excluding tert-OH is 1. The first-order valence-electron chi connectivity index (χ1n) is 6.66. The lowest BCUT2D eigenvalue weighted by Gasteiger charge is -2.15. The molecule has 2 N–H and O–H groups in total. The van der Waals surface area contributed by atoms with Crippen LogP contribution in [0.1, 0.15) is 25.5 Å². The Hall–Kier alpha value is -1.70. The maximum atomic E-state index is 12.2. The van der Waals surface area contributed by atoms with Crippen LogP contribution >= 0.6 is 0 Å². The highest BCUT2D eigenvalue weighted by Gasteiger charge is 2.17. The third-order valence-corrected chi connectivity index (χ3v) is 4.65. The van der Waals surface area contributed by atoms with Crippen molar-refractivity contribution in [2.45, 2.75) is 37.4 Å². The molecular formula is C14H19N3O3S. The van der Waals surface area contributed by atoms with Gasteiger partial charge in [-0.25, -0.2) is 13.1 Å². The van der Waals surface area contributed by atoms with Gasteiger partial charge in [0.05, 0.1) is 17.5 Å². The van der Waals surface area contributed by atoms with E-state index in [9.17, 15) is 13.5 Å². The van der Waals surface area contributed by atoms with Crippen LogP contribution in [0, 0.1) is 0 Å². The number of hydrogen-bond donors (Lipinski definition) is 2. The molecule has 0 aliphatic rings. The van der Waals surface area contributed by atoms with E-state index in [1.165, 1.54) is 12.1 Å². The molecule has 7 heteroatoms. The van der Waals surface area contributed by atoms with Crippen molar-refractivity contribution in [3.05, 3.63) is 48.3 Å². The van der Waals surface area contributed by atoms with Crippen molar-refractivity contribution in [3.63, 3.8) is 0 Å². The number of nitrogens with one attached hydrogen (secondary N) is 1. The lowest BCUT2D eigenvalue weighted by atomic mass is 10.1. The highest BCUT2D eigenvalue weighted by atomic mass is 32.2. The normalized spacial score (nSPS) is 14.8. The summed E-state index contributed by atoms with van der Waals surface area (Å²) in [6.45, 7) is 3.87. The van der Waals surface area contributed by atoms with E-state index in [1.807, 2.05) is 0 Å². The molecule has 0 spiro atoms. The van der Waals surface area contributed by atoms with Gasteiger partial charge in [0, 0.05) is 18.4 Å². The molecule has 0 bridgehead atoms. The summed E-state index contributed by atoms with van der Waals surface area (Å²) in [6.07, 6.45) is 2.81. The molecule has 2 rings (SSSR count). The molecule has 114 valence electrons. The number of sulfonamides is 1. The van der Waals surface area contributed by atoms with Gasteiger partial charge < -0.3 is 5.11 Å². The second-order valence-electron chi connectivity index (χ2n) is 5.00. The van der Waals surface area contributed by atoms with Gasteiger partial charge in [-0.3, -0.25) is 4.68 Å². The third kappa shape index (κ3) is 4.13. The Morgan fingerprint density at radius 1 is 1.29 bits per heavy atom. The quantitative estimate of drug-likeness (QED) is 0.842. The summed E-state index contributed by atoms with van der Waals surface area (Å²) < 4.78 is 28.8. The van der Waals surface area contributed by atoms with Gasteiger partial charge in [0.1, 0.15) is 0 Å². The summed E-state index contributed by atoms with van der Waals surface area (Å²) in [6, 6.07) is 7.70. The first kappa shape index (κ1) is 15.7. The van der Waals surface area contributed by atoms with Crippen LogP contribution < -0.4 is 4.72 Å². The number of rotatable bonds is 6. The van der Waals surface area contributed by atoms with E-state index < -0.39 is 16.1 Å². The molecule has 21 heavy (non-hydrogen) atoms. The van der Waals surface area contributed by atoms with Gasteiger partial charge in [0.25, 0.3) is 0 Å². The number of benzene rings is 1. The SMILES string of the molecule is CC(Cn1cccn1)NS(=O)(=O)c1ccc(C(C)O)cc1. The molecule has 0 aliphatic carbocycles. The fraction of sp³-hybridized carbons (Fsp3) is 0.357. The van der Waals surface area contributed by atoms with Crippen LogP contribution in [0.3, 0.4) is 0 Å². The lowest BCUT2D eigenvalue weighted by molar-refractivity contribution is 0.199. The number of aromatic nitrogens is 2. The van der Waals surface area contributed by atoms with Crippen LogP contribution in [0.4, 0.5) is 0 Å². The number of aliphatic hydroxyl groups is 1. The summed E-state index contributed by atoms with van der Waals surface area (Å²) >= 11 is 0. The van der Waals surface area contributed by atoms with Crippen molar-refractivity contribution in [2.24, 2.45) is 0 Å². The van der Waals surface area contributed by atoms with Crippen molar-refractivity contribution in [1.29, 1.82) is 0 Å². The van der Waals surface area contributed by atoms with Crippen LogP contribution in [0.2, 0.25) is 0 Å². The molecule has 1 heterocycles. The highest BCUT2D eigenvalue weighted by molar-refractivity contribution is 7.89. The van der Waals surface area contributed by atoms with Gasteiger partial charge in [0.15, 0.2) is 0 Å². The van der Waals surface area contributed by atoms with E-state index in [4.69, 9.17) is 0 Å². The van der Waals surface area contributed by atoms with E-state index in [0.29, 0.717) is 12.1 Å². The standard InChI is InChI=1S/C14H19N3O3S/c1-11(10-17-9-3-8-15-17)16-21(19,20)14-6-4-13(5-7-14)12(2)18/h3-9,11-12,16,18H,10H2,1-2H3. The Morgan fingerprint density at radius 3 is 2.48 bits per heavy atom. The predicted molar refractivity (Wildman–Crippen MR) is 79.1 cm³/mol. The van der Waals surface area contributed by atoms with Gasteiger partial charge in [-0.2, -0.15) is 5.10 Å². The molecule has 0 saturated heterocycles. The van der Waals surface area contributed by atoms with Crippen molar-refractivity contribution in [1.82, 2.24) is 14.5 Å². The van der Waals surface area contributed by atoms with Crippen molar-refractivity contribution in [3.8, 4) is 0 Å². The topological polar surface area (TPSA) is 84.2 Å². The minimum Gasteiger partial charge on any atom is -0.389 e. The zero-order valence-electron chi connectivity index (χ0n) is 12.0. The van der Waals surface area contributed by atoms with Crippen molar-refractivity contribution >= 4 is 10.0 Å². The molecule has 0 fully saturated rings. The van der Waals surface area contributed by atoms with Crippen molar-refractivity contribution in [2.75, 3.05) is 0 Å². The van der Waals surface area contributed by atoms with E-state index in [0.717, 1.165) is 0 Å². The van der Waals surface area contributed by atoms with E-state index in [-0.39, 0.29) is 10.9 Å². The minimum atomic E-state index is -3.58. The minimum absolute atomic E-state index is 0.180. The summed E-state index contributed by atoms with van der Waals surface area (Å²) in [5, 5.41) is 13.5. The third-order valence-electron chi connectivity index (χ3n) is 3.05. The zero-order chi connectivity index (χ0) is 15.5. The second-order valence-corrected chi connectivity index (χ2v) is 6.71. The maximum Gasteiger partial charge on any atom is 0.240 e. The Balaban J connectivity index is 2.07. The monoisotopic (exact) mass is 309 g/mol. The smallest absolute Gasteiger partial charge is 0.240 e. The number of hydrogen-bond acceptors (Lipinski definition) is 4. The molecule has 1 aromatic heterocycles. The Kier molecular flexibility index (Phi) is 4.76. The summed E-state index contributed by atoms with van der Waals surface area (Å²) in [7, 11) is -3.58. The fourth-order valence-corrected chi connectivity index (χ4v) is 3.22. The molecule has 0 amide bonds. The van der Waals surface area contributed by atoms with Crippen LogP contribution in [-0.2, 0) is 16.6 Å². The van der Waals surface area contributed by atoms with Gasteiger partial charge in [-0.15, -0.1) is 0 Å². The van der Waals surface area contributed by atoms with Crippen LogP contribution in [-0.4, -0.2) is 29.3 Å². The van der Waals surface area contributed by atoms with Gasteiger partial charge in [-0.05, 0) is 37.6 Å². The van der Waals surface area contributed by atoms with Gasteiger partial charge in [0.2, 0.25) is 10.0 Å². The Bertz CT molecular complexity index is 664. The molecule has 2 atom stereocenters.